The van der Waals surface area contributed by atoms with E-state index in [1.54, 1.807) is 13.2 Å². The van der Waals surface area contributed by atoms with Gasteiger partial charge in [-0.05, 0) is 24.7 Å². The summed E-state index contributed by atoms with van der Waals surface area (Å²) in [6.07, 6.45) is 1.09. The Bertz CT molecular complexity index is 737. The number of imidazole rings is 1. The van der Waals surface area contributed by atoms with E-state index in [1.165, 1.54) is 6.07 Å². The third kappa shape index (κ3) is 1.84. The van der Waals surface area contributed by atoms with Gasteiger partial charge in [0.05, 0.1) is 22.2 Å². The van der Waals surface area contributed by atoms with Gasteiger partial charge in [0.25, 0.3) is 0 Å². The smallest absolute Gasteiger partial charge is 0.178 e. The molecule has 1 N–H and O–H groups in total. The van der Waals surface area contributed by atoms with Crippen LogP contribution in [-0.4, -0.2) is 22.8 Å². The molecule has 108 valence electrons. The molecular weight excluding hydrogens is 299 g/mol. The van der Waals surface area contributed by atoms with Gasteiger partial charge in [0.15, 0.2) is 4.77 Å². The van der Waals surface area contributed by atoms with Crippen LogP contribution in [0.15, 0.2) is 12.1 Å². The molecule has 3 nitrogen and oxygen atoms in total. The zero-order valence-electron chi connectivity index (χ0n) is 11.5. The lowest BCUT2D eigenvalue weighted by molar-refractivity contribution is -0.111. The number of nitrogens with zero attached hydrogens (tertiary/aromatic N) is 1. The Morgan fingerprint density at radius 3 is 2.80 bits per heavy atom. The van der Waals surface area contributed by atoms with Crippen molar-refractivity contribution in [3.05, 3.63) is 27.7 Å². The fourth-order valence-electron chi connectivity index (χ4n) is 3.13. The van der Waals surface area contributed by atoms with Crippen LogP contribution in [0.4, 0.5) is 4.39 Å². The SMILES string of the molecule is COC1CC(n2c(=S)[nH]c3cc(F)c(Cl)cc32)C1(C)C. The molecule has 0 aliphatic heterocycles. The van der Waals surface area contributed by atoms with Gasteiger partial charge in [-0.2, -0.15) is 0 Å². The van der Waals surface area contributed by atoms with Crippen LogP contribution in [0.2, 0.25) is 5.02 Å². The standard InChI is InChI=1S/C14H16ClFN2OS/c1-14(2)11(6-12(14)19-3)18-10-4-7(15)8(16)5-9(10)17-13(18)20/h4-5,11-12H,6H2,1-3H3,(H,17,20). The topological polar surface area (TPSA) is 29.9 Å². The number of nitrogens with one attached hydrogen (secondary N) is 1. The van der Waals surface area contributed by atoms with Crippen molar-refractivity contribution in [2.24, 2.45) is 5.41 Å². The number of halogens is 2. The Labute approximate surface area is 126 Å². The van der Waals surface area contributed by atoms with E-state index in [0.29, 0.717) is 10.3 Å². The third-order valence-corrected chi connectivity index (χ3v) is 5.07. The number of hydrogen-bond donors (Lipinski definition) is 1. The zero-order chi connectivity index (χ0) is 14.7. The van der Waals surface area contributed by atoms with E-state index in [9.17, 15) is 4.39 Å². The van der Waals surface area contributed by atoms with E-state index in [4.69, 9.17) is 28.6 Å². The van der Waals surface area contributed by atoms with Crippen molar-refractivity contribution >= 4 is 34.9 Å². The van der Waals surface area contributed by atoms with Crippen LogP contribution < -0.4 is 0 Å². The average molecular weight is 315 g/mol. The zero-order valence-corrected chi connectivity index (χ0v) is 13.1. The molecule has 0 bridgehead atoms. The summed E-state index contributed by atoms with van der Waals surface area (Å²) in [5.41, 5.74) is 1.49. The summed E-state index contributed by atoms with van der Waals surface area (Å²) in [6, 6.07) is 3.24. The van der Waals surface area contributed by atoms with Crippen LogP contribution in [0.5, 0.6) is 0 Å². The maximum absolute atomic E-state index is 13.5. The van der Waals surface area contributed by atoms with Crippen LogP contribution in [0.1, 0.15) is 26.3 Å². The molecule has 1 saturated carbocycles. The molecule has 0 spiro atoms. The molecule has 0 radical (unpaired) electrons. The average Bonchev–Trinajstić information content (AvgIpc) is 2.66. The second-order valence-corrected chi connectivity index (χ2v) is 6.67. The van der Waals surface area contributed by atoms with Gasteiger partial charge in [0.1, 0.15) is 5.82 Å². The summed E-state index contributed by atoms with van der Waals surface area (Å²) in [7, 11) is 1.73. The van der Waals surface area contributed by atoms with Crippen molar-refractivity contribution in [2.75, 3.05) is 7.11 Å². The molecule has 1 aromatic heterocycles. The number of H-pyrrole nitrogens is 1. The summed E-state index contributed by atoms with van der Waals surface area (Å²) in [4.78, 5) is 3.05. The highest BCUT2D eigenvalue weighted by molar-refractivity contribution is 7.71. The maximum atomic E-state index is 13.5. The van der Waals surface area contributed by atoms with Gasteiger partial charge in [-0.3, -0.25) is 0 Å². The fraction of sp³-hybridized carbons (Fsp3) is 0.500. The summed E-state index contributed by atoms with van der Waals surface area (Å²) < 4.78 is 21.6. The van der Waals surface area contributed by atoms with Crippen molar-refractivity contribution in [3.63, 3.8) is 0 Å². The molecule has 1 heterocycles. The van der Waals surface area contributed by atoms with Gasteiger partial charge >= 0.3 is 0 Å². The van der Waals surface area contributed by atoms with E-state index in [1.807, 2.05) is 4.57 Å². The lowest BCUT2D eigenvalue weighted by atomic mass is 9.64. The summed E-state index contributed by atoms with van der Waals surface area (Å²) in [6.45, 7) is 4.31. The van der Waals surface area contributed by atoms with E-state index < -0.39 is 5.82 Å². The summed E-state index contributed by atoms with van der Waals surface area (Å²) in [5, 5.41) is 0.112. The lowest BCUT2D eigenvalue weighted by Crippen LogP contribution is -2.51. The Balaban J connectivity index is 2.16. The van der Waals surface area contributed by atoms with E-state index in [2.05, 4.69) is 18.8 Å². The van der Waals surface area contributed by atoms with E-state index >= 15 is 0 Å². The number of rotatable bonds is 2. The number of hydrogen-bond acceptors (Lipinski definition) is 2. The monoisotopic (exact) mass is 314 g/mol. The Morgan fingerprint density at radius 2 is 2.20 bits per heavy atom. The van der Waals surface area contributed by atoms with Gasteiger partial charge in [-0.15, -0.1) is 0 Å². The first kappa shape index (κ1) is 14.0. The van der Waals surface area contributed by atoms with Gasteiger partial charge in [-0.25, -0.2) is 4.39 Å². The van der Waals surface area contributed by atoms with Crippen LogP contribution in [0.3, 0.4) is 0 Å². The van der Waals surface area contributed by atoms with Crippen molar-refractivity contribution in [1.29, 1.82) is 0 Å². The number of benzene rings is 1. The summed E-state index contributed by atoms with van der Waals surface area (Å²) in [5.74, 6) is -0.440. The second kappa shape index (κ2) is 4.55. The minimum Gasteiger partial charge on any atom is -0.381 e. The molecule has 3 rings (SSSR count). The van der Waals surface area contributed by atoms with E-state index in [-0.39, 0.29) is 22.6 Å². The van der Waals surface area contributed by atoms with Crippen molar-refractivity contribution in [1.82, 2.24) is 9.55 Å². The quantitative estimate of drug-likeness (QED) is 0.828. The number of fused-ring (bicyclic) bond motifs is 1. The molecule has 20 heavy (non-hydrogen) atoms. The molecule has 2 aromatic rings. The van der Waals surface area contributed by atoms with Gasteiger partial charge < -0.3 is 14.3 Å². The number of aromatic amines is 1. The molecule has 6 heteroatoms. The Kier molecular flexibility index (Phi) is 3.19. The van der Waals surface area contributed by atoms with Crippen molar-refractivity contribution in [3.8, 4) is 0 Å². The van der Waals surface area contributed by atoms with Crippen LogP contribution in [0, 0.1) is 16.0 Å². The highest BCUT2D eigenvalue weighted by atomic mass is 35.5. The molecular formula is C14H16ClFN2OS. The largest absolute Gasteiger partial charge is 0.381 e. The molecule has 2 unspecified atom stereocenters. The molecule has 1 aliphatic carbocycles. The first-order valence-corrected chi connectivity index (χ1v) is 7.27. The van der Waals surface area contributed by atoms with E-state index in [0.717, 1.165) is 11.9 Å². The van der Waals surface area contributed by atoms with Gasteiger partial charge in [0, 0.05) is 24.6 Å². The van der Waals surface area contributed by atoms with Gasteiger partial charge in [-0.1, -0.05) is 25.4 Å². The molecule has 0 saturated heterocycles. The first-order valence-electron chi connectivity index (χ1n) is 6.48. The van der Waals surface area contributed by atoms with Crippen LogP contribution in [-0.2, 0) is 4.74 Å². The molecule has 1 fully saturated rings. The minimum atomic E-state index is -0.440. The minimum absolute atomic E-state index is 0.0248. The molecule has 1 aliphatic rings. The first-order chi connectivity index (χ1) is 9.36. The van der Waals surface area contributed by atoms with Gasteiger partial charge in [0.2, 0.25) is 0 Å². The molecule has 2 atom stereocenters. The predicted molar refractivity (Wildman–Crippen MR) is 80.3 cm³/mol. The van der Waals surface area contributed by atoms with Crippen molar-refractivity contribution in [2.45, 2.75) is 32.4 Å². The second-order valence-electron chi connectivity index (χ2n) is 5.88. The normalized spacial score (nSPS) is 24.9. The highest BCUT2D eigenvalue weighted by Crippen LogP contribution is 2.52. The maximum Gasteiger partial charge on any atom is 0.178 e. The summed E-state index contributed by atoms with van der Waals surface area (Å²) >= 11 is 11.3. The lowest BCUT2D eigenvalue weighted by Gasteiger charge is -2.51. The number of methoxy groups -OCH3 is 1. The molecule has 1 aromatic carbocycles. The van der Waals surface area contributed by atoms with Crippen molar-refractivity contribution < 1.29 is 9.13 Å². The predicted octanol–water partition coefficient (Wildman–Crippen LogP) is 4.48. The van der Waals surface area contributed by atoms with Crippen LogP contribution >= 0.6 is 23.8 Å². The van der Waals surface area contributed by atoms with Crippen LogP contribution in [0.25, 0.3) is 11.0 Å². The Hall–Kier alpha value is -0.910. The number of ether oxygens (including phenoxy) is 1. The Morgan fingerprint density at radius 1 is 1.50 bits per heavy atom. The fourth-order valence-corrected chi connectivity index (χ4v) is 3.63. The molecule has 0 amide bonds. The number of aromatic nitrogens is 2. The highest BCUT2D eigenvalue weighted by Gasteiger charge is 2.50. The third-order valence-electron chi connectivity index (χ3n) is 4.48.